The monoisotopic (exact) mass is 296 g/mol. The molecule has 114 valence electrons. The van der Waals surface area contributed by atoms with Crippen LogP contribution in [0.1, 0.15) is 32.4 Å². The summed E-state index contributed by atoms with van der Waals surface area (Å²) in [5, 5.41) is 8.84. The fraction of sp³-hybridized carbons (Fsp3) is 0.333. The Kier molecular flexibility index (Phi) is 5.00. The summed E-state index contributed by atoms with van der Waals surface area (Å²) in [6.07, 6.45) is 0.130. The average molecular weight is 296 g/mol. The molecule has 0 fully saturated rings. The first-order valence-electron chi connectivity index (χ1n) is 7.43. The van der Waals surface area contributed by atoms with Gasteiger partial charge in [-0.05, 0) is 39.0 Å². The van der Waals surface area contributed by atoms with E-state index < -0.39 is 0 Å². The van der Waals surface area contributed by atoms with Crippen molar-refractivity contribution in [1.82, 2.24) is 4.57 Å². The minimum Gasteiger partial charge on any atom is -0.494 e. The van der Waals surface area contributed by atoms with Gasteiger partial charge in [0.2, 0.25) is 0 Å². The molecule has 0 spiro atoms. The van der Waals surface area contributed by atoms with Crippen molar-refractivity contribution in [2.24, 2.45) is 0 Å². The molecule has 0 amide bonds. The molecule has 4 heteroatoms. The van der Waals surface area contributed by atoms with Gasteiger partial charge >= 0.3 is 0 Å². The second kappa shape index (κ2) is 6.95. The van der Waals surface area contributed by atoms with E-state index in [-0.39, 0.29) is 18.0 Å². The summed E-state index contributed by atoms with van der Waals surface area (Å²) in [5.74, 6) is 0.781. The first kappa shape index (κ1) is 15.8. The van der Waals surface area contributed by atoms with Crippen LogP contribution in [0.5, 0.6) is 5.75 Å². The van der Waals surface area contributed by atoms with Crippen LogP contribution in [0.3, 0.4) is 0 Å². The summed E-state index contributed by atoms with van der Waals surface area (Å²) in [6, 6.07) is 13.4. The van der Waals surface area contributed by atoms with Gasteiger partial charge in [-0.2, -0.15) is 5.26 Å². The molecule has 0 aliphatic carbocycles. The molecule has 0 aliphatic rings. The third-order valence-electron chi connectivity index (χ3n) is 3.42. The van der Waals surface area contributed by atoms with Gasteiger partial charge in [-0.3, -0.25) is 4.79 Å². The van der Waals surface area contributed by atoms with E-state index in [1.54, 1.807) is 10.6 Å². The van der Waals surface area contributed by atoms with Crippen molar-refractivity contribution in [1.29, 1.82) is 5.26 Å². The van der Waals surface area contributed by atoms with Crippen molar-refractivity contribution in [3.8, 4) is 23.1 Å². The molecule has 0 aliphatic heterocycles. The SMILES string of the molecule is CCOc1cccc(-c2ccc(CC#N)c(=O)n2C(C)C)c1. The predicted octanol–water partition coefficient (Wildman–Crippen LogP) is 3.56. The molecule has 0 bridgehead atoms. The van der Waals surface area contributed by atoms with Crippen LogP contribution < -0.4 is 10.3 Å². The Bertz CT molecular complexity index is 754. The van der Waals surface area contributed by atoms with Gasteiger partial charge in [0.1, 0.15) is 5.75 Å². The topological polar surface area (TPSA) is 55.0 Å². The Labute approximate surface area is 130 Å². The summed E-state index contributed by atoms with van der Waals surface area (Å²) in [6.45, 7) is 6.47. The quantitative estimate of drug-likeness (QED) is 0.847. The molecule has 2 rings (SSSR count). The number of ether oxygens (including phenoxy) is 1. The van der Waals surface area contributed by atoms with Crippen LogP contribution in [-0.4, -0.2) is 11.2 Å². The Morgan fingerprint density at radius 1 is 1.27 bits per heavy atom. The molecule has 1 aromatic carbocycles. The molecule has 0 saturated carbocycles. The molecule has 1 aromatic heterocycles. The van der Waals surface area contributed by atoms with Gasteiger partial charge in [-0.15, -0.1) is 0 Å². The first-order chi connectivity index (χ1) is 10.6. The molecule has 2 aromatic rings. The van der Waals surface area contributed by atoms with Crippen LogP contribution in [0.2, 0.25) is 0 Å². The maximum atomic E-state index is 12.6. The lowest BCUT2D eigenvalue weighted by atomic mass is 10.1. The fourth-order valence-corrected chi connectivity index (χ4v) is 2.47. The van der Waals surface area contributed by atoms with E-state index in [9.17, 15) is 4.79 Å². The zero-order chi connectivity index (χ0) is 16.1. The summed E-state index contributed by atoms with van der Waals surface area (Å²) in [7, 11) is 0. The Morgan fingerprint density at radius 2 is 2.05 bits per heavy atom. The molecule has 1 heterocycles. The standard InChI is InChI=1S/C18H20N2O2/c1-4-22-16-7-5-6-15(12-16)17-9-8-14(10-11-19)18(21)20(17)13(2)3/h5-9,12-13H,4,10H2,1-3H3. The van der Waals surface area contributed by atoms with Gasteiger partial charge in [0.05, 0.1) is 24.8 Å². The highest BCUT2D eigenvalue weighted by molar-refractivity contribution is 5.62. The minimum atomic E-state index is -0.101. The van der Waals surface area contributed by atoms with E-state index in [2.05, 4.69) is 0 Å². The van der Waals surface area contributed by atoms with E-state index in [1.165, 1.54) is 0 Å². The summed E-state index contributed by atoms with van der Waals surface area (Å²) in [4.78, 5) is 12.6. The molecule has 0 unspecified atom stereocenters. The third-order valence-corrected chi connectivity index (χ3v) is 3.42. The normalized spacial score (nSPS) is 10.5. The number of nitriles is 1. The number of pyridine rings is 1. The van der Waals surface area contributed by atoms with Crippen molar-refractivity contribution >= 4 is 0 Å². The van der Waals surface area contributed by atoms with Crippen LogP contribution in [0.25, 0.3) is 11.3 Å². The maximum absolute atomic E-state index is 12.6. The lowest BCUT2D eigenvalue weighted by molar-refractivity contribution is 0.340. The Balaban J connectivity index is 2.60. The second-order valence-corrected chi connectivity index (χ2v) is 5.31. The third kappa shape index (κ3) is 3.20. The van der Waals surface area contributed by atoms with E-state index in [1.807, 2.05) is 57.2 Å². The van der Waals surface area contributed by atoms with Crippen LogP contribution >= 0.6 is 0 Å². The molecule has 0 N–H and O–H groups in total. The fourth-order valence-electron chi connectivity index (χ4n) is 2.47. The van der Waals surface area contributed by atoms with Crippen LogP contribution in [0.15, 0.2) is 41.2 Å². The van der Waals surface area contributed by atoms with Gasteiger partial charge in [0, 0.05) is 17.2 Å². The van der Waals surface area contributed by atoms with E-state index in [0.29, 0.717) is 12.2 Å². The summed E-state index contributed by atoms with van der Waals surface area (Å²) in [5.41, 5.74) is 2.19. The largest absolute Gasteiger partial charge is 0.494 e. The number of hydrogen-bond acceptors (Lipinski definition) is 3. The zero-order valence-electron chi connectivity index (χ0n) is 13.2. The number of benzene rings is 1. The second-order valence-electron chi connectivity index (χ2n) is 5.31. The number of hydrogen-bond donors (Lipinski definition) is 0. The number of rotatable bonds is 5. The highest BCUT2D eigenvalue weighted by atomic mass is 16.5. The summed E-state index contributed by atoms with van der Waals surface area (Å²) >= 11 is 0. The Morgan fingerprint density at radius 3 is 2.68 bits per heavy atom. The molecule has 22 heavy (non-hydrogen) atoms. The Hall–Kier alpha value is -2.54. The molecule has 0 atom stereocenters. The van der Waals surface area contributed by atoms with Crippen molar-refractivity contribution in [2.45, 2.75) is 33.2 Å². The molecular weight excluding hydrogens is 276 g/mol. The molecule has 4 nitrogen and oxygen atoms in total. The van der Waals surface area contributed by atoms with Crippen molar-refractivity contribution in [3.63, 3.8) is 0 Å². The van der Waals surface area contributed by atoms with E-state index in [4.69, 9.17) is 10.00 Å². The first-order valence-corrected chi connectivity index (χ1v) is 7.43. The van der Waals surface area contributed by atoms with Gasteiger partial charge < -0.3 is 9.30 Å². The number of nitrogens with zero attached hydrogens (tertiary/aromatic N) is 2. The van der Waals surface area contributed by atoms with Gasteiger partial charge in [0.25, 0.3) is 5.56 Å². The van der Waals surface area contributed by atoms with Crippen molar-refractivity contribution < 1.29 is 4.74 Å². The smallest absolute Gasteiger partial charge is 0.255 e. The van der Waals surface area contributed by atoms with Gasteiger partial charge in [-0.25, -0.2) is 0 Å². The number of aromatic nitrogens is 1. The van der Waals surface area contributed by atoms with Crippen molar-refractivity contribution in [2.75, 3.05) is 6.61 Å². The predicted molar refractivity (Wildman–Crippen MR) is 87.0 cm³/mol. The maximum Gasteiger partial charge on any atom is 0.255 e. The van der Waals surface area contributed by atoms with Gasteiger partial charge in [0.15, 0.2) is 0 Å². The highest BCUT2D eigenvalue weighted by Gasteiger charge is 2.13. The van der Waals surface area contributed by atoms with E-state index >= 15 is 0 Å². The highest BCUT2D eigenvalue weighted by Crippen LogP contribution is 2.25. The lowest BCUT2D eigenvalue weighted by Crippen LogP contribution is -2.26. The van der Waals surface area contributed by atoms with E-state index in [0.717, 1.165) is 17.0 Å². The van der Waals surface area contributed by atoms with Crippen LogP contribution in [0, 0.1) is 11.3 Å². The molecule has 0 radical (unpaired) electrons. The molecule has 0 saturated heterocycles. The minimum absolute atomic E-state index is 0.0110. The van der Waals surface area contributed by atoms with Gasteiger partial charge in [-0.1, -0.05) is 18.2 Å². The van der Waals surface area contributed by atoms with Crippen LogP contribution in [0.4, 0.5) is 0 Å². The zero-order valence-corrected chi connectivity index (χ0v) is 13.2. The summed E-state index contributed by atoms with van der Waals surface area (Å²) < 4.78 is 7.26. The molecular formula is C18H20N2O2. The van der Waals surface area contributed by atoms with Crippen LogP contribution in [-0.2, 0) is 6.42 Å². The van der Waals surface area contributed by atoms with Crippen molar-refractivity contribution in [3.05, 3.63) is 52.3 Å². The lowest BCUT2D eigenvalue weighted by Gasteiger charge is -2.18. The average Bonchev–Trinajstić information content (AvgIpc) is 2.49.